The van der Waals surface area contributed by atoms with E-state index in [4.69, 9.17) is 16.3 Å². The van der Waals surface area contributed by atoms with Gasteiger partial charge in [0.25, 0.3) is 5.91 Å². The smallest absolute Gasteiger partial charge is 0.277 e. The summed E-state index contributed by atoms with van der Waals surface area (Å²) in [4.78, 5) is 24.1. The van der Waals surface area contributed by atoms with Crippen LogP contribution < -0.4 is 15.5 Å². The van der Waals surface area contributed by atoms with E-state index >= 15 is 0 Å². The number of hydrogen-bond donors (Lipinski definition) is 2. The highest BCUT2D eigenvalue weighted by Gasteiger charge is 2.06. The van der Waals surface area contributed by atoms with Gasteiger partial charge in [-0.15, -0.1) is 0 Å². The number of rotatable bonds is 8. The van der Waals surface area contributed by atoms with Crippen LogP contribution in [-0.2, 0) is 16.0 Å². The van der Waals surface area contributed by atoms with Crippen molar-refractivity contribution in [2.24, 2.45) is 5.10 Å². The number of benzene rings is 3. The monoisotopic (exact) mass is 435 g/mol. The number of nitrogens with one attached hydrogen (secondary N) is 2. The second-order valence-corrected chi connectivity index (χ2v) is 7.20. The maximum absolute atomic E-state index is 12.2. The van der Waals surface area contributed by atoms with Crippen molar-refractivity contribution >= 4 is 34.8 Å². The van der Waals surface area contributed by atoms with Crippen molar-refractivity contribution in [3.8, 4) is 5.75 Å². The fourth-order valence-electron chi connectivity index (χ4n) is 2.70. The number of ether oxygens (including phenoxy) is 1. The Kier molecular flexibility index (Phi) is 7.79. The maximum Gasteiger partial charge on any atom is 0.277 e. The van der Waals surface area contributed by atoms with Crippen LogP contribution in [-0.4, -0.2) is 24.1 Å². The predicted octanol–water partition coefficient (Wildman–Crippen LogP) is 4.44. The van der Waals surface area contributed by atoms with Crippen molar-refractivity contribution in [3.63, 3.8) is 0 Å². The van der Waals surface area contributed by atoms with Crippen molar-refractivity contribution in [1.29, 1.82) is 0 Å². The van der Waals surface area contributed by atoms with Crippen molar-refractivity contribution in [2.45, 2.75) is 13.3 Å². The lowest BCUT2D eigenvalue weighted by Gasteiger charge is -2.08. The summed E-state index contributed by atoms with van der Waals surface area (Å²) in [5, 5.41) is 7.59. The van der Waals surface area contributed by atoms with E-state index in [0.29, 0.717) is 22.2 Å². The molecule has 0 saturated carbocycles. The molecule has 0 heterocycles. The Morgan fingerprint density at radius 3 is 2.26 bits per heavy atom. The summed E-state index contributed by atoms with van der Waals surface area (Å²) >= 11 is 5.86. The highest BCUT2D eigenvalue weighted by molar-refractivity contribution is 6.30. The predicted molar refractivity (Wildman–Crippen MR) is 123 cm³/mol. The molecule has 0 radical (unpaired) electrons. The third kappa shape index (κ3) is 7.28. The minimum atomic E-state index is -0.353. The minimum absolute atomic E-state index is 0.119. The fraction of sp³-hybridized carbons (Fsp3) is 0.125. The largest absolute Gasteiger partial charge is 0.484 e. The number of hydrogen-bond acceptors (Lipinski definition) is 4. The first-order chi connectivity index (χ1) is 15.0. The topological polar surface area (TPSA) is 79.8 Å². The Morgan fingerprint density at radius 2 is 1.58 bits per heavy atom. The first kappa shape index (κ1) is 22.1. The molecule has 2 amide bonds. The molecule has 0 unspecified atom stereocenters. The zero-order valence-corrected chi connectivity index (χ0v) is 17.7. The molecule has 31 heavy (non-hydrogen) atoms. The zero-order chi connectivity index (χ0) is 22.1. The molecule has 0 spiro atoms. The molecular weight excluding hydrogens is 414 g/mol. The number of para-hydroxylation sites is 1. The van der Waals surface area contributed by atoms with Gasteiger partial charge in [0.2, 0.25) is 5.91 Å². The number of amides is 2. The van der Waals surface area contributed by atoms with Crippen LogP contribution in [0.2, 0.25) is 5.02 Å². The van der Waals surface area contributed by atoms with Crippen LogP contribution >= 0.6 is 11.6 Å². The fourth-order valence-corrected chi connectivity index (χ4v) is 2.82. The van der Waals surface area contributed by atoms with Crippen molar-refractivity contribution < 1.29 is 14.3 Å². The summed E-state index contributed by atoms with van der Waals surface area (Å²) < 4.78 is 5.38. The molecule has 6 nitrogen and oxygen atoms in total. The quantitative estimate of drug-likeness (QED) is 0.405. The van der Waals surface area contributed by atoms with Crippen LogP contribution in [0.15, 0.2) is 84.0 Å². The molecule has 158 valence electrons. The molecule has 3 aromatic carbocycles. The molecule has 0 bridgehead atoms. The van der Waals surface area contributed by atoms with Crippen LogP contribution in [0, 0.1) is 0 Å². The van der Waals surface area contributed by atoms with Gasteiger partial charge >= 0.3 is 0 Å². The highest BCUT2D eigenvalue weighted by atomic mass is 35.5. The van der Waals surface area contributed by atoms with Gasteiger partial charge in [0.15, 0.2) is 6.61 Å². The summed E-state index contributed by atoms with van der Waals surface area (Å²) in [5.41, 5.74) is 5.48. The SMILES string of the molecule is CC(=NNC(=O)COc1ccccc1)c1ccc(NC(=O)Cc2ccc(Cl)cc2)cc1. The van der Waals surface area contributed by atoms with E-state index in [2.05, 4.69) is 15.8 Å². The van der Waals surface area contributed by atoms with Crippen LogP contribution in [0.5, 0.6) is 5.75 Å². The van der Waals surface area contributed by atoms with E-state index in [0.717, 1.165) is 11.1 Å². The normalized spacial score (nSPS) is 11.0. The summed E-state index contributed by atoms with van der Waals surface area (Å²) in [6.45, 7) is 1.66. The number of halogens is 1. The number of carbonyl (C=O) groups excluding carboxylic acids is 2. The molecule has 0 saturated heterocycles. The number of carbonyl (C=O) groups is 2. The zero-order valence-electron chi connectivity index (χ0n) is 17.0. The molecule has 0 aliphatic carbocycles. The maximum atomic E-state index is 12.2. The Labute approximate surface area is 185 Å². The summed E-state index contributed by atoms with van der Waals surface area (Å²) in [6.07, 6.45) is 0.260. The van der Waals surface area contributed by atoms with Gasteiger partial charge in [-0.1, -0.05) is 54.1 Å². The van der Waals surface area contributed by atoms with Gasteiger partial charge in [-0.3, -0.25) is 9.59 Å². The van der Waals surface area contributed by atoms with E-state index in [1.165, 1.54) is 0 Å². The molecule has 2 N–H and O–H groups in total. The van der Waals surface area contributed by atoms with Gasteiger partial charge in [-0.25, -0.2) is 5.43 Å². The first-order valence-corrected chi connectivity index (χ1v) is 10.0. The van der Waals surface area contributed by atoms with Crippen molar-refractivity contribution in [1.82, 2.24) is 5.43 Å². The van der Waals surface area contributed by atoms with Crippen LogP contribution in [0.25, 0.3) is 0 Å². The van der Waals surface area contributed by atoms with Crippen LogP contribution in [0.3, 0.4) is 0 Å². The van der Waals surface area contributed by atoms with Crippen LogP contribution in [0.1, 0.15) is 18.1 Å². The molecule has 3 rings (SSSR count). The summed E-state index contributed by atoms with van der Waals surface area (Å²) in [6, 6.07) is 23.5. The van der Waals surface area contributed by atoms with Gasteiger partial charge in [-0.2, -0.15) is 5.10 Å². The third-order valence-corrected chi connectivity index (χ3v) is 4.58. The van der Waals surface area contributed by atoms with E-state index in [1.807, 2.05) is 42.5 Å². The average molecular weight is 436 g/mol. The molecule has 0 aliphatic heterocycles. The Bertz CT molecular complexity index is 1050. The van der Waals surface area contributed by atoms with Crippen molar-refractivity contribution in [3.05, 3.63) is 95.0 Å². The number of anilines is 1. The molecule has 0 fully saturated rings. The number of nitrogens with zero attached hydrogens (tertiary/aromatic N) is 1. The molecule has 7 heteroatoms. The Hall–Kier alpha value is -3.64. The average Bonchev–Trinajstić information content (AvgIpc) is 2.79. The van der Waals surface area contributed by atoms with Gasteiger partial charge in [-0.05, 0) is 54.4 Å². The first-order valence-electron chi connectivity index (χ1n) is 9.65. The molecule has 0 atom stereocenters. The second-order valence-electron chi connectivity index (χ2n) is 6.76. The van der Waals surface area contributed by atoms with Gasteiger partial charge in [0.1, 0.15) is 5.75 Å². The summed E-state index contributed by atoms with van der Waals surface area (Å²) in [5.74, 6) is 0.146. The van der Waals surface area contributed by atoms with Crippen LogP contribution in [0.4, 0.5) is 5.69 Å². The molecule has 0 aliphatic rings. The number of hydrazone groups is 1. The minimum Gasteiger partial charge on any atom is -0.484 e. The lowest BCUT2D eigenvalue weighted by atomic mass is 10.1. The third-order valence-electron chi connectivity index (χ3n) is 4.33. The van der Waals surface area contributed by atoms with Gasteiger partial charge in [0.05, 0.1) is 12.1 Å². The lowest BCUT2D eigenvalue weighted by molar-refractivity contribution is -0.123. The Balaban J connectivity index is 1.48. The Morgan fingerprint density at radius 1 is 0.903 bits per heavy atom. The van der Waals surface area contributed by atoms with E-state index in [1.54, 1.807) is 43.3 Å². The second kappa shape index (κ2) is 10.9. The van der Waals surface area contributed by atoms with Crippen molar-refractivity contribution in [2.75, 3.05) is 11.9 Å². The standard InChI is InChI=1S/C24H22ClN3O3/c1-17(27-28-24(30)16-31-22-5-3-2-4-6-22)19-9-13-21(14-10-19)26-23(29)15-18-7-11-20(25)12-8-18/h2-14H,15-16H2,1H3,(H,26,29)(H,28,30). The van der Waals surface area contributed by atoms with Gasteiger partial charge < -0.3 is 10.1 Å². The lowest BCUT2D eigenvalue weighted by Crippen LogP contribution is -2.25. The molecule has 3 aromatic rings. The summed E-state index contributed by atoms with van der Waals surface area (Å²) in [7, 11) is 0. The molecular formula is C24H22ClN3O3. The molecule has 0 aromatic heterocycles. The van der Waals surface area contributed by atoms with E-state index in [9.17, 15) is 9.59 Å². The van der Waals surface area contributed by atoms with E-state index in [-0.39, 0.29) is 24.8 Å². The van der Waals surface area contributed by atoms with Gasteiger partial charge in [0, 0.05) is 10.7 Å². The van der Waals surface area contributed by atoms with E-state index < -0.39 is 0 Å². The highest BCUT2D eigenvalue weighted by Crippen LogP contribution is 2.13.